The molecule has 0 spiro atoms. The highest BCUT2D eigenvalue weighted by Gasteiger charge is 2.46. The van der Waals surface area contributed by atoms with Crippen molar-refractivity contribution in [3.63, 3.8) is 0 Å². The summed E-state index contributed by atoms with van der Waals surface area (Å²) in [5, 5.41) is 13.2. The first-order valence-electron chi connectivity index (χ1n) is 7.46. The van der Waals surface area contributed by atoms with Crippen LogP contribution in [0.15, 0.2) is 40.6 Å². The third-order valence-corrected chi connectivity index (χ3v) is 6.84. The Kier molecular flexibility index (Phi) is 4.90. The average molecular weight is 388 g/mol. The lowest BCUT2D eigenvalue weighted by Gasteiger charge is -2.27. The van der Waals surface area contributed by atoms with E-state index in [1.54, 1.807) is 6.07 Å². The minimum Gasteiger partial charge on any atom is -0.495 e. The number of halogens is 1. The molecule has 8 heteroatoms. The van der Waals surface area contributed by atoms with E-state index in [1.807, 2.05) is 17.5 Å². The molecule has 0 bridgehead atoms. The molecule has 24 heavy (non-hydrogen) atoms. The highest BCUT2D eigenvalue weighted by molar-refractivity contribution is 7.89. The summed E-state index contributed by atoms with van der Waals surface area (Å²) in [4.78, 5) is 0.729. The lowest BCUT2D eigenvalue weighted by atomic mass is 9.96. The molecule has 1 atom stereocenters. The van der Waals surface area contributed by atoms with Crippen molar-refractivity contribution in [1.29, 1.82) is 0 Å². The number of ether oxygens (including phenoxy) is 1. The van der Waals surface area contributed by atoms with Gasteiger partial charge >= 0.3 is 0 Å². The van der Waals surface area contributed by atoms with E-state index in [9.17, 15) is 13.5 Å². The second kappa shape index (κ2) is 6.65. The van der Waals surface area contributed by atoms with Gasteiger partial charge in [-0.2, -0.15) is 0 Å². The second-order valence-corrected chi connectivity index (χ2v) is 8.92. The standard InChI is InChI=1S/C16H18ClNO4S2/c1-22-13-7-6-12(17)9-14(13)24(20,21)18-10-16(19,11-4-5-11)15-3-2-8-23-15/h2-3,6-9,11,18-19H,4-5,10H2,1H3/t16-/m0/s1. The lowest BCUT2D eigenvalue weighted by Crippen LogP contribution is -2.42. The third-order valence-electron chi connectivity index (χ3n) is 4.15. The van der Waals surface area contributed by atoms with E-state index in [0.29, 0.717) is 5.02 Å². The molecular formula is C16H18ClNO4S2. The maximum atomic E-state index is 12.7. The molecule has 2 N–H and O–H groups in total. The predicted molar refractivity (Wildman–Crippen MR) is 94.1 cm³/mol. The molecule has 1 heterocycles. The zero-order valence-electron chi connectivity index (χ0n) is 13.0. The molecule has 0 aliphatic heterocycles. The van der Waals surface area contributed by atoms with Crippen LogP contribution in [0.3, 0.4) is 0 Å². The van der Waals surface area contributed by atoms with Crippen molar-refractivity contribution in [2.45, 2.75) is 23.3 Å². The summed E-state index contributed by atoms with van der Waals surface area (Å²) in [6.45, 7) is -0.0871. The van der Waals surface area contributed by atoms with Gasteiger partial charge in [-0.1, -0.05) is 17.7 Å². The van der Waals surface area contributed by atoms with E-state index in [-0.39, 0.29) is 23.1 Å². The van der Waals surface area contributed by atoms with Crippen LogP contribution >= 0.6 is 22.9 Å². The number of aliphatic hydroxyl groups is 1. The van der Waals surface area contributed by atoms with Gasteiger partial charge in [0.25, 0.3) is 0 Å². The van der Waals surface area contributed by atoms with Crippen LogP contribution in [0.5, 0.6) is 5.75 Å². The van der Waals surface area contributed by atoms with Gasteiger partial charge in [0.1, 0.15) is 16.2 Å². The van der Waals surface area contributed by atoms with Gasteiger partial charge in [-0.05, 0) is 48.4 Å². The Bertz CT molecular complexity index is 819. The summed E-state index contributed by atoms with van der Waals surface area (Å²) in [5.74, 6) is 0.276. The van der Waals surface area contributed by atoms with Crippen molar-refractivity contribution < 1.29 is 18.3 Å². The molecule has 3 rings (SSSR count). The number of nitrogens with one attached hydrogen (secondary N) is 1. The summed E-state index contributed by atoms with van der Waals surface area (Å²) in [6, 6.07) is 8.08. The molecule has 2 aromatic rings. The van der Waals surface area contributed by atoms with Crippen molar-refractivity contribution in [1.82, 2.24) is 4.72 Å². The number of methoxy groups -OCH3 is 1. The van der Waals surface area contributed by atoms with Crippen LogP contribution in [0, 0.1) is 5.92 Å². The molecule has 1 aliphatic rings. The van der Waals surface area contributed by atoms with Crippen molar-refractivity contribution in [2.24, 2.45) is 5.92 Å². The first-order valence-corrected chi connectivity index (χ1v) is 10.2. The second-order valence-electron chi connectivity index (χ2n) is 5.80. The molecule has 130 valence electrons. The normalized spacial score (nSPS) is 17.5. The van der Waals surface area contributed by atoms with Crippen LogP contribution in [-0.4, -0.2) is 27.2 Å². The molecule has 5 nitrogen and oxygen atoms in total. The van der Waals surface area contributed by atoms with Gasteiger partial charge in [0.2, 0.25) is 10.0 Å². The van der Waals surface area contributed by atoms with Crippen LogP contribution in [0.2, 0.25) is 5.02 Å². The van der Waals surface area contributed by atoms with Gasteiger partial charge in [0.05, 0.1) is 7.11 Å². The van der Waals surface area contributed by atoms with E-state index in [4.69, 9.17) is 16.3 Å². The Hall–Kier alpha value is -1.12. The van der Waals surface area contributed by atoms with Crippen LogP contribution in [0.4, 0.5) is 0 Å². The van der Waals surface area contributed by atoms with Crippen molar-refractivity contribution in [2.75, 3.05) is 13.7 Å². The Morgan fingerprint density at radius 2 is 2.17 bits per heavy atom. The predicted octanol–water partition coefficient (Wildman–Crippen LogP) is 2.99. The molecular weight excluding hydrogens is 370 g/mol. The fraction of sp³-hybridized carbons (Fsp3) is 0.375. The minimum absolute atomic E-state index is 0.0400. The van der Waals surface area contributed by atoms with E-state index < -0.39 is 15.6 Å². The molecule has 1 aromatic heterocycles. The number of rotatable bonds is 7. The number of benzene rings is 1. The quantitative estimate of drug-likeness (QED) is 0.765. The average Bonchev–Trinajstić information content (AvgIpc) is 3.28. The summed E-state index contributed by atoms with van der Waals surface area (Å²) in [7, 11) is -2.47. The topological polar surface area (TPSA) is 75.6 Å². The van der Waals surface area contributed by atoms with Gasteiger partial charge < -0.3 is 9.84 Å². The molecule has 1 aromatic carbocycles. The highest BCUT2D eigenvalue weighted by atomic mass is 35.5. The largest absolute Gasteiger partial charge is 0.495 e. The summed E-state index contributed by atoms with van der Waals surface area (Å²) in [6.07, 6.45) is 1.77. The van der Waals surface area contributed by atoms with Crippen LogP contribution in [0.1, 0.15) is 17.7 Å². The first kappa shape index (κ1) is 17.7. The lowest BCUT2D eigenvalue weighted by molar-refractivity contribution is 0.0222. The van der Waals surface area contributed by atoms with Crippen molar-refractivity contribution >= 4 is 33.0 Å². The van der Waals surface area contributed by atoms with Gasteiger partial charge in [-0.25, -0.2) is 13.1 Å². The Balaban J connectivity index is 1.86. The van der Waals surface area contributed by atoms with Crippen LogP contribution in [0.25, 0.3) is 0 Å². The monoisotopic (exact) mass is 387 g/mol. The molecule has 1 fully saturated rings. The van der Waals surface area contributed by atoms with E-state index in [2.05, 4.69) is 4.72 Å². The maximum absolute atomic E-state index is 12.7. The zero-order chi connectivity index (χ0) is 17.4. The number of hydrogen-bond donors (Lipinski definition) is 2. The maximum Gasteiger partial charge on any atom is 0.244 e. The highest BCUT2D eigenvalue weighted by Crippen LogP contribution is 2.47. The summed E-state index contributed by atoms with van der Waals surface area (Å²) in [5.41, 5.74) is -1.19. The first-order chi connectivity index (χ1) is 11.4. The molecule has 0 unspecified atom stereocenters. The Morgan fingerprint density at radius 1 is 1.42 bits per heavy atom. The van der Waals surface area contributed by atoms with Gasteiger partial charge in [-0.15, -0.1) is 11.3 Å². The molecule has 1 saturated carbocycles. The Labute approximate surface area is 150 Å². The van der Waals surface area contributed by atoms with E-state index in [1.165, 1.54) is 30.6 Å². The van der Waals surface area contributed by atoms with Crippen LogP contribution < -0.4 is 9.46 Å². The third kappa shape index (κ3) is 3.45. The molecule has 0 amide bonds. The SMILES string of the molecule is COc1ccc(Cl)cc1S(=O)(=O)NC[C@@](O)(c1cccs1)C1CC1. The van der Waals surface area contributed by atoms with Crippen molar-refractivity contribution in [3.8, 4) is 5.75 Å². The van der Waals surface area contributed by atoms with E-state index in [0.717, 1.165) is 17.7 Å². The van der Waals surface area contributed by atoms with Crippen LogP contribution in [-0.2, 0) is 15.6 Å². The Morgan fingerprint density at radius 3 is 2.75 bits per heavy atom. The number of sulfonamides is 1. The van der Waals surface area contributed by atoms with Gasteiger partial charge in [0, 0.05) is 16.4 Å². The minimum atomic E-state index is -3.87. The zero-order valence-corrected chi connectivity index (χ0v) is 15.4. The fourth-order valence-electron chi connectivity index (χ4n) is 2.66. The number of thiophene rings is 1. The smallest absolute Gasteiger partial charge is 0.244 e. The molecule has 0 radical (unpaired) electrons. The van der Waals surface area contributed by atoms with Gasteiger partial charge in [0.15, 0.2) is 0 Å². The fourth-order valence-corrected chi connectivity index (χ4v) is 5.07. The van der Waals surface area contributed by atoms with Gasteiger partial charge in [-0.3, -0.25) is 0 Å². The summed E-state index contributed by atoms with van der Waals surface area (Å²) >= 11 is 7.34. The van der Waals surface area contributed by atoms with Crippen molar-refractivity contribution in [3.05, 3.63) is 45.6 Å². The number of hydrogen-bond acceptors (Lipinski definition) is 5. The van der Waals surface area contributed by atoms with E-state index >= 15 is 0 Å². The summed E-state index contributed by atoms with van der Waals surface area (Å²) < 4.78 is 33.0. The molecule has 0 saturated heterocycles. The molecule has 1 aliphatic carbocycles.